The molecular weight excluding hydrogens is 386 g/mol. The van der Waals surface area contributed by atoms with E-state index in [2.05, 4.69) is 63.9 Å². The Kier molecular flexibility index (Phi) is 5.26. The van der Waals surface area contributed by atoms with Crippen LogP contribution in [-0.4, -0.2) is 27.6 Å². The van der Waals surface area contributed by atoms with Crippen molar-refractivity contribution in [3.8, 4) is 11.1 Å². The lowest BCUT2D eigenvalue weighted by Gasteiger charge is -2.09. The Morgan fingerprint density at radius 3 is 2.66 bits per heavy atom. The van der Waals surface area contributed by atoms with Gasteiger partial charge in [0.2, 0.25) is 5.91 Å². The van der Waals surface area contributed by atoms with Gasteiger partial charge >= 0.3 is 0 Å². The van der Waals surface area contributed by atoms with Gasteiger partial charge in [-0.05, 0) is 26.3 Å². The standard InChI is InChI=1S/C21H21N5O2S/c1-12-4-6-15(7-5-12)18-14(3)29-21-19(18)20(23-11-24-21)22-9-8-17(27)25-16-10-13(2)28-26-16/h4-7,10-11H,8-9H2,1-3H3,(H,22,23,24)(H,25,26,27). The predicted molar refractivity (Wildman–Crippen MR) is 115 cm³/mol. The zero-order valence-electron chi connectivity index (χ0n) is 16.4. The van der Waals surface area contributed by atoms with Gasteiger partial charge in [-0.2, -0.15) is 0 Å². The molecule has 1 aromatic carbocycles. The van der Waals surface area contributed by atoms with Crippen molar-refractivity contribution in [3.05, 3.63) is 52.9 Å². The van der Waals surface area contributed by atoms with E-state index in [-0.39, 0.29) is 12.3 Å². The first-order valence-corrected chi connectivity index (χ1v) is 10.1. The number of thiophene rings is 1. The van der Waals surface area contributed by atoms with Crippen molar-refractivity contribution in [2.45, 2.75) is 27.2 Å². The van der Waals surface area contributed by atoms with Gasteiger partial charge in [0.25, 0.3) is 0 Å². The lowest BCUT2D eigenvalue weighted by molar-refractivity contribution is -0.116. The number of rotatable bonds is 6. The van der Waals surface area contributed by atoms with Gasteiger partial charge in [-0.3, -0.25) is 4.79 Å². The molecular formula is C21H21N5O2S. The van der Waals surface area contributed by atoms with Gasteiger partial charge in [0.15, 0.2) is 5.82 Å². The molecule has 0 fully saturated rings. The molecule has 4 rings (SSSR count). The van der Waals surface area contributed by atoms with Crippen molar-refractivity contribution in [1.82, 2.24) is 15.1 Å². The third kappa shape index (κ3) is 4.12. The van der Waals surface area contributed by atoms with Crippen LogP contribution in [0, 0.1) is 20.8 Å². The fraction of sp³-hybridized carbons (Fsp3) is 0.238. The summed E-state index contributed by atoms with van der Waals surface area (Å²) in [6.07, 6.45) is 1.83. The Balaban J connectivity index is 1.53. The van der Waals surface area contributed by atoms with Crippen LogP contribution in [0.15, 0.2) is 41.2 Å². The molecule has 0 aliphatic rings. The maximum absolute atomic E-state index is 12.1. The number of amides is 1. The largest absolute Gasteiger partial charge is 0.369 e. The van der Waals surface area contributed by atoms with Crippen molar-refractivity contribution in [2.75, 3.05) is 17.2 Å². The summed E-state index contributed by atoms with van der Waals surface area (Å²) in [5.41, 5.74) is 3.49. The zero-order valence-corrected chi connectivity index (χ0v) is 17.3. The lowest BCUT2D eigenvalue weighted by atomic mass is 10.0. The van der Waals surface area contributed by atoms with Gasteiger partial charge < -0.3 is 15.2 Å². The minimum atomic E-state index is -0.142. The molecule has 2 N–H and O–H groups in total. The number of carbonyl (C=O) groups is 1. The molecule has 0 spiro atoms. The molecule has 0 saturated heterocycles. The fourth-order valence-corrected chi connectivity index (χ4v) is 4.18. The summed E-state index contributed by atoms with van der Waals surface area (Å²) in [6.45, 7) is 6.39. The molecule has 0 atom stereocenters. The zero-order chi connectivity index (χ0) is 20.4. The number of fused-ring (bicyclic) bond motifs is 1. The van der Waals surface area contributed by atoms with Crippen LogP contribution in [0.5, 0.6) is 0 Å². The molecule has 0 unspecified atom stereocenters. The normalized spacial score (nSPS) is 11.0. The highest BCUT2D eigenvalue weighted by Gasteiger charge is 2.17. The molecule has 4 aromatic rings. The molecule has 1 amide bonds. The first-order chi connectivity index (χ1) is 14.0. The molecule has 7 nitrogen and oxygen atoms in total. The fourth-order valence-electron chi connectivity index (χ4n) is 3.17. The highest BCUT2D eigenvalue weighted by Crippen LogP contribution is 2.40. The third-order valence-electron chi connectivity index (χ3n) is 4.54. The number of nitrogens with zero attached hydrogens (tertiary/aromatic N) is 3. The molecule has 0 bridgehead atoms. The Morgan fingerprint density at radius 1 is 1.14 bits per heavy atom. The van der Waals surface area contributed by atoms with Gasteiger partial charge in [0.05, 0.1) is 5.39 Å². The van der Waals surface area contributed by atoms with Crippen molar-refractivity contribution >= 4 is 39.1 Å². The van der Waals surface area contributed by atoms with E-state index in [1.165, 1.54) is 10.4 Å². The average molecular weight is 407 g/mol. The Morgan fingerprint density at radius 2 is 1.93 bits per heavy atom. The second-order valence-corrected chi connectivity index (χ2v) is 8.05. The van der Waals surface area contributed by atoms with Crippen LogP contribution in [0.3, 0.4) is 0 Å². The first kappa shape index (κ1) is 19.1. The van der Waals surface area contributed by atoms with Gasteiger partial charge in [0, 0.05) is 29.5 Å². The van der Waals surface area contributed by atoms with Crippen LogP contribution in [-0.2, 0) is 4.79 Å². The van der Waals surface area contributed by atoms with Crippen LogP contribution < -0.4 is 10.6 Å². The number of hydrogen-bond acceptors (Lipinski definition) is 7. The maximum atomic E-state index is 12.1. The molecule has 3 heterocycles. The Hall–Kier alpha value is -3.26. The van der Waals surface area contributed by atoms with Gasteiger partial charge in [-0.15, -0.1) is 11.3 Å². The van der Waals surface area contributed by atoms with Gasteiger partial charge in [-0.25, -0.2) is 9.97 Å². The number of aromatic nitrogens is 3. The van der Waals surface area contributed by atoms with E-state index in [0.717, 1.165) is 27.2 Å². The van der Waals surface area contributed by atoms with Crippen molar-refractivity contribution in [1.29, 1.82) is 0 Å². The second kappa shape index (κ2) is 8.00. The molecule has 0 aliphatic heterocycles. The molecule has 0 aliphatic carbocycles. The second-order valence-electron chi connectivity index (χ2n) is 6.85. The monoisotopic (exact) mass is 407 g/mol. The minimum absolute atomic E-state index is 0.142. The summed E-state index contributed by atoms with van der Waals surface area (Å²) in [5.74, 6) is 1.67. The van der Waals surface area contributed by atoms with E-state index >= 15 is 0 Å². The number of aryl methyl sites for hydroxylation is 3. The van der Waals surface area contributed by atoms with Crippen LogP contribution in [0.4, 0.5) is 11.6 Å². The summed E-state index contributed by atoms with van der Waals surface area (Å²) >= 11 is 1.65. The molecule has 29 heavy (non-hydrogen) atoms. The van der Waals surface area contributed by atoms with Crippen molar-refractivity contribution < 1.29 is 9.32 Å². The van der Waals surface area contributed by atoms with E-state index in [1.807, 2.05) is 0 Å². The van der Waals surface area contributed by atoms with Crippen LogP contribution in [0.2, 0.25) is 0 Å². The minimum Gasteiger partial charge on any atom is -0.369 e. The molecule has 8 heteroatoms. The van der Waals surface area contributed by atoms with Crippen LogP contribution in [0.25, 0.3) is 21.3 Å². The number of nitrogens with one attached hydrogen (secondary N) is 2. The van der Waals surface area contributed by atoms with Crippen LogP contribution in [0.1, 0.15) is 22.6 Å². The van der Waals surface area contributed by atoms with Crippen molar-refractivity contribution in [3.63, 3.8) is 0 Å². The van der Waals surface area contributed by atoms with Crippen molar-refractivity contribution in [2.24, 2.45) is 0 Å². The maximum Gasteiger partial charge on any atom is 0.227 e. The van der Waals surface area contributed by atoms with E-state index in [1.54, 1.807) is 30.7 Å². The highest BCUT2D eigenvalue weighted by molar-refractivity contribution is 7.19. The summed E-state index contributed by atoms with van der Waals surface area (Å²) in [4.78, 5) is 23.1. The summed E-state index contributed by atoms with van der Waals surface area (Å²) < 4.78 is 4.96. The summed E-state index contributed by atoms with van der Waals surface area (Å²) in [6, 6.07) is 10.1. The average Bonchev–Trinajstić information content (AvgIpc) is 3.25. The highest BCUT2D eigenvalue weighted by atomic mass is 32.1. The predicted octanol–water partition coefficient (Wildman–Crippen LogP) is 4.71. The molecule has 0 saturated carbocycles. The number of anilines is 2. The first-order valence-electron chi connectivity index (χ1n) is 9.29. The third-order valence-corrected chi connectivity index (χ3v) is 5.56. The molecule has 0 radical (unpaired) electrons. The van der Waals surface area contributed by atoms with Gasteiger partial charge in [0.1, 0.15) is 22.7 Å². The summed E-state index contributed by atoms with van der Waals surface area (Å²) in [7, 11) is 0. The number of benzene rings is 1. The Bertz CT molecular complexity index is 1160. The van der Waals surface area contributed by atoms with E-state index in [0.29, 0.717) is 18.1 Å². The van der Waals surface area contributed by atoms with Gasteiger partial charge in [-0.1, -0.05) is 35.0 Å². The number of hydrogen-bond donors (Lipinski definition) is 2. The molecule has 3 aromatic heterocycles. The number of carbonyl (C=O) groups excluding carboxylic acids is 1. The lowest BCUT2D eigenvalue weighted by Crippen LogP contribution is -2.16. The SMILES string of the molecule is Cc1ccc(-c2c(C)sc3ncnc(NCCC(=O)Nc4cc(C)on4)c23)cc1. The summed E-state index contributed by atoms with van der Waals surface area (Å²) in [5, 5.41) is 10.8. The Labute approximate surface area is 172 Å². The van der Waals surface area contributed by atoms with Crippen LogP contribution >= 0.6 is 11.3 Å². The topological polar surface area (TPSA) is 92.9 Å². The quantitative estimate of drug-likeness (QED) is 0.481. The van der Waals surface area contributed by atoms with E-state index < -0.39 is 0 Å². The molecule has 148 valence electrons. The smallest absolute Gasteiger partial charge is 0.227 e. The van der Waals surface area contributed by atoms with E-state index in [4.69, 9.17) is 4.52 Å². The van der Waals surface area contributed by atoms with E-state index in [9.17, 15) is 4.79 Å².